The Balaban J connectivity index is 2.45. The number of benzene rings is 2. The van der Waals surface area contributed by atoms with Gasteiger partial charge in [0.25, 0.3) is 0 Å². The molecule has 0 radical (unpaired) electrons. The van der Waals surface area contributed by atoms with Crippen LogP contribution in [0.1, 0.15) is 0 Å². The van der Waals surface area contributed by atoms with Gasteiger partial charge in [0.2, 0.25) is 5.95 Å². The molecule has 1 heterocycles. The van der Waals surface area contributed by atoms with Gasteiger partial charge in [-0.15, -0.1) is 0 Å². The summed E-state index contributed by atoms with van der Waals surface area (Å²) in [4.78, 5) is 3.89. The van der Waals surface area contributed by atoms with E-state index in [9.17, 15) is 8.78 Å². The Bertz CT molecular complexity index is 810. The molecular formula is C13H7Cl2F2N3. The van der Waals surface area contributed by atoms with Crippen LogP contribution >= 0.6 is 23.2 Å². The normalized spacial score (nSPS) is 11.2. The molecule has 0 aliphatic carbocycles. The summed E-state index contributed by atoms with van der Waals surface area (Å²) in [6, 6.07) is 6.73. The van der Waals surface area contributed by atoms with Crippen LogP contribution in [0.15, 0.2) is 30.3 Å². The van der Waals surface area contributed by atoms with Crippen molar-refractivity contribution in [1.29, 1.82) is 0 Å². The van der Waals surface area contributed by atoms with E-state index < -0.39 is 11.6 Å². The van der Waals surface area contributed by atoms with E-state index in [1.807, 2.05) is 0 Å². The van der Waals surface area contributed by atoms with E-state index in [1.54, 1.807) is 18.2 Å². The molecule has 20 heavy (non-hydrogen) atoms. The zero-order valence-corrected chi connectivity index (χ0v) is 11.4. The van der Waals surface area contributed by atoms with Crippen LogP contribution in [0.4, 0.5) is 14.7 Å². The second-order valence-electron chi connectivity index (χ2n) is 4.13. The van der Waals surface area contributed by atoms with Crippen LogP contribution in [0.3, 0.4) is 0 Å². The lowest BCUT2D eigenvalue weighted by Gasteiger charge is -2.10. The van der Waals surface area contributed by atoms with Gasteiger partial charge < -0.3 is 5.73 Å². The number of aromatic nitrogens is 2. The van der Waals surface area contributed by atoms with Crippen molar-refractivity contribution in [2.24, 2.45) is 0 Å². The minimum atomic E-state index is -0.798. The predicted octanol–water partition coefficient (Wildman–Crippen LogP) is 4.19. The first-order chi connectivity index (χ1) is 9.49. The summed E-state index contributed by atoms with van der Waals surface area (Å²) >= 11 is 12.2. The van der Waals surface area contributed by atoms with Gasteiger partial charge in [-0.3, -0.25) is 4.57 Å². The quantitative estimate of drug-likeness (QED) is 0.732. The number of hydrogen-bond donors (Lipinski definition) is 1. The molecule has 0 saturated carbocycles. The van der Waals surface area contributed by atoms with Gasteiger partial charge in [-0.1, -0.05) is 29.3 Å². The molecule has 3 nitrogen and oxygen atoms in total. The van der Waals surface area contributed by atoms with E-state index in [-0.39, 0.29) is 17.0 Å². The minimum absolute atomic E-state index is 0.0282. The summed E-state index contributed by atoms with van der Waals surface area (Å²) < 4.78 is 28.5. The number of imidazole rings is 1. The van der Waals surface area contributed by atoms with Crippen molar-refractivity contribution < 1.29 is 8.78 Å². The highest BCUT2D eigenvalue weighted by molar-refractivity contribution is 6.38. The highest BCUT2D eigenvalue weighted by Gasteiger charge is 2.18. The van der Waals surface area contributed by atoms with Crippen LogP contribution in [0.25, 0.3) is 16.7 Å². The average Bonchev–Trinajstić information content (AvgIpc) is 2.67. The zero-order chi connectivity index (χ0) is 14.4. The molecule has 0 aliphatic rings. The van der Waals surface area contributed by atoms with Crippen LogP contribution in [-0.4, -0.2) is 9.55 Å². The van der Waals surface area contributed by atoms with Gasteiger partial charge in [0.1, 0.15) is 11.3 Å². The third kappa shape index (κ3) is 1.90. The lowest BCUT2D eigenvalue weighted by Crippen LogP contribution is -2.02. The average molecular weight is 314 g/mol. The van der Waals surface area contributed by atoms with Gasteiger partial charge in [0, 0.05) is 12.1 Å². The Morgan fingerprint density at radius 2 is 1.75 bits per heavy atom. The number of para-hydroxylation sites is 1. The Labute approximate surface area is 122 Å². The summed E-state index contributed by atoms with van der Waals surface area (Å²) in [5.41, 5.74) is 6.24. The van der Waals surface area contributed by atoms with Crippen LogP contribution in [-0.2, 0) is 0 Å². The molecule has 1 aromatic heterocycles. The highest BCUT2D eigenvalue weighted by atomic mass is 35.5. The number of halogens is 4. The SMILES string of the molecule is Nc1nc2c(F)cc(F)cc2n1-c1c(Cl)cccc1Cl. The van der Waals surface area contributed by atoms with Gasteiger partial charge in [-0.25, -0.2) is 13.8 Å². The van der Waals surface area contributed by atoms with Crippen molar-refractivity contribution in [1.82, 2.24) is 9.55 Å². The first kappa shape index (κ1) is 13.1. The van der Waals surface area contributed by atoms with Crippen LogP contribution < -0.4 is 5.73 Å². The maximum atomic E-state index is 13.7. The molecule has 0 spiro atoms. The van der Waals surface area contributed by atoms with E-state index in [0.29, 0.717) is 15.7 Å². The fourth-order valence-corrected chi connectivity index (χ4v) is 2.63. The monoisotopic (exact) mass is 313 g/mol. The van der Waals surface area contributed by atoms with Gasteiger partial charge in [-0.2, -0.15) is 0 Å². The molecule has 0 amide bonds. The number of fused-ring (bicyclic) bond motifs is 1. The standard InChI is InChI=1S/C13H7Cl2F2N3/c14-7-2-1-3-8(15)12(7)20-10-5-6(16)4-9(17)11(10)19-13(20)18/h1-5H,(H2,18,19). The smallest absolute Gasteiger partial charge is 0.206 e. The number of nitrogens with zero attached hydrogens (tertiary/aromatic N) is 2. The summed E-state index contributed by atoms with van der Waals surface area (Å²) in [7, 11) is 0. The molecule has 0 unspecified atom stereocenters. The molecule has 0 saturated heterocycles. The van der Waals surface area contributed by atoms with E-state index in [4.69, 9.17) is 28.9 Å². The Morgan fingerprint density at radius 1 is 1.10 bits per heavy atom. The first-order valence-electron chi connectivity index (χ1n) is 5.56. The Morgan fingerprint density at radius 3 is 2.40 bits per heavy atom. The molecule has 7 heteroatoms. The van der Waals surface area contributed by atoms with E-state index in [2.05, 4.69) is 4.98 Å². The van der Waals surface area contributed by atoms with Crippen molar-refractivity contribution >= 4 is 40.2 Å². The van der Waals surface area contributed by atoms with Crippen molar-refractivity contribution in [2.45, 2.75) is 0 Å². The predicted molar refractivity (Wildman–Crippen MR) is 75.4 cm³/mol. The fraction of sp³-hybridized carbons (Fsp3) is 0. The summed E-state index contributed by atoms with van der Waals surface area (Å²) in [6.45, 7) is 0. The lowest BCUT2D eigenvalue weighted by atomic mass is 10.2. The van der Waals surface area contributed by atoms with Crippen LogP contribution in [0.5, 0.6) is 0 Å². The Kier molecular flexibility index (Phi) is 3.03. The van der Waals surface area contributed by atoms with Gasteiger partial charge >= 0.3 is 0 Å². The minimum Gasteiger partial charge on any atom is -0.369 e. The molecule has 2 aromatic carbocycles. The molecular weight excluding hydrogens is 307 g/mol. The number of hydrogen-bond acceptors (Lipinski definition) is 2. The van der Waals surface area contributed by atoms with E-state index >= 15 is 0 Å². The maximum absolute atomic E-state index is 13.7. The third-order valence-electron chi connectivity index (χ3n) is 2.87. The molecule has 0 aliphatic heterocycles. The number of nitrogen functional groups attached to an aromatic ring is 1. The zero-order valence-electron chi connectivity index (χ0n) is 9.87. The van der Waals surface area contributed by atoms with Crippen molar-refractivity contribution in [3.8, 4) is 5.69 Å². The first-order valence-corrected chi connectivity index (χ1v) is 6.32. The summed E-state index contributed by atoms with van der Waals surface area (Å²) in [5.74, 6) is -1.56. The topological polar surface area (TPSA) is 43.8 Å². The van der Waals surface area contributed by atoms with Crippen LogP contribution in [0, 0.1) is 11.6 Å². The van der Waals surface area contributed by atoms with Gasteiger partial charge in [0.05, 0.1) is 21.2 Å². The Hall–Kier alpha value is -1.85. The molecule has 102 valence electrons. The largest absolute Gasteiger partial charge is 0.369 e. The van der Waals surface area contributed by atoms with Gasteiger partial charge in [0.15, 0.2) is 5.82 Å². The van der Waals surface area contributed by atoms with Crippen molar-refractivity contribution in [3.05, 3.63) is 52.0 Å². The number of nitrogens with two attached hydrogens (primary N) is 1. The molecule has 3 aromatic rings. The van der Waals surface area contributed by atoms with Gasteiger partial charge in [-0.05, 0) is 12.1 Å². The molecule has 0 bridgehead atoms. The third-order valence-corrected chi connectivity index (χ3v) is 3.48. The molecule has 2 N–H and O–H groups in total. The molecule has 3 rings (SSSR count). The summed E-state index contributed by atoms with van der Waals surface area (Å²) in [6.07, 6.45) is 0. The van der Waals surface area contributed by atoms with E-state index in [1.165, 1.54) is 4.57 Å². The second-order valence-corrected chi connectivity index (χ2v) is 4.95. The van der Waals surface area contributed by atoms with Crippen molar-refractivity contribution in [3.63, 3.8) is 0 Å². The van der Waals surface area contributed by atoms with Crippen LogP contribution in [0.2, 0.25) is 10.0 Å². The lowest BCUT2D eigenvalue weighted by molar-refractivity contribution is 0.590. The maximum Gasteiger partial charge on any atom is 0.206 e. The number of anilines is 1. The second kappa shape index (κ2) is 4.61. The molecule has 0 fully saturated rings. The molecule has 0 atom stereocenters. The van der Waals surface area contributed by atoms with Crippen molar-refractivity contribution in [2.75, 3.05) is 5.73 Å². The fourth-order valence-electron chi connectivity index (χ4n) is 2.06. The highest BCUT2D eigenvalue weighted by Crippen LogP contribution is 2.34. The van der Waals surface area contributed by atoms with E-state index in [0.717, 1.165) is 12.1 Å². The number of rotatable bonds is 1. The summed E-state index contributed by atoms with van der Waals surface area (Å²) in [5, 5.41) is 0.598.